The summed E-state index contributed by atoms with van der Waals surface area (Å²) in [6.45, 7) is 0. The van der Waals surface area contributed by atoms with Gasteiger partial charge in [-0.1, -0.05) is 0 Å². The SMILES string of the molecule is Cn1cc(-c2c[nH]c(C(F)F)c2)c(-c2ccc(F)cn2)n1. The Morgan fingerprint density at radius 2 is 2.10 bits per heavy atom. The van der Waals surface area contributed by atoms with Crippen molar-refractivity contribution in [3.63, 3.8) is 0 Å². The summed E-state index contributed by atoms with van der Waals surface area (Å²) in [6, 6.07) is 4.15. The molecule has 0 atom stereocenters. The van der Waals surface area contributed by atoms with Crippen LogP contribution in [-0.2, 0) is 7.05 Å². The number of rotatable bonds is 3. The average molecular weight is 292 g/mol. The molecule has 0 aliphatic heterocycles. The molecule has 0 aliphatic carbocycles. The van der Waals surface area contributed by atoms with E-state index in [-0.39, 0.29) is 5.69 Å². The van der Waals surface area contributed by atoms with Crippen LogP contribution in [-0.4, -0.2) is 19.7 Å². The van der Waals surface area contributed by atoms with E-state index in [1.54, 1.807) is 17.9 Å². The van der Waals surface area contributed by atoms with E-state index in [4.69, 9.17) is 0 Å². The van der Waals surface area contributed by atoms with Crippen LogP contribution in [0.2, 0.25) is 0 Å². The topological polar surface area (TPSA) is 46.5 Å². The molecular formula is C14H11F3N4. The first-order chi connectivity index (χ1) is 10.0. The fourth-order valence-corrected chi connectivity index (χ4v) is 2.10. The summed E-state index contributed by atoms with van der Waals surface area (Å²) in [4.78, 5) is 6.51. The van der Waals surface area contributed by atoms with Gasteiger partial charge in [0, 0.05) is 30.6 Å². The molecule has 3 aromatic heterocycles. The molecule has 0 bridgehead atoms. The summed E-state index contributed by atoms with van der Waals surface area (Å²) in [5, 5.41) is 4.27. The van der Waals surface area contributed by atoms with Crippen LogP contribution in [0.15, 0.2) is 36.8 Å². The van der Waals surface area contributed by atoms with E-state index in [9.17, 15) is 13.2 Å². The van der Waals surface area contributed by atoms with E-state index in [0.717, 1.165) is 6.20 Å². The van der Waals surface area contributed by atoms with Crippen molar-refractivity contribution in [2.24, 2.45) is 7.05 Å². The van der Waals surface area contributed by atoms with Crippen molar-refractivity contribution in [3.05, 3.63) is 48.3 Å². The third kappa shape index (κ3) is 2.54. The van der Waals surface area contributed by atoms with Gasteiger partial charge in [0.25, 0.3) is 6.43 Å². The Balaban J connectivity index is 2.08. The van der Waals surface area contributed by atoms with Gasteiger partial charge in [-0.3, -0.25) is 9.67 Å². The highest BCUT2D eigenvalue weighted by atomic mass is 19.3. The Bertz CT molecular complexity index is 759. The molecule has 3 aromatic rings. The van der Waals surface area contributed by atoms with Gasteiger partial charge in [-0.05, 0) is 18.2 Å². The number of H-pyrrole nitrogens is 1. The van der Waals surface area contributed by atoms with E-state index in [1.807, 2.05) is 0 Å². The second kappa shape index (κ2) is 5.08. The molecule has 4 nitrogen and oxygen atoms in total. The number of alkyl halides is 2. The largest absolute Gasteiger partial charge is 0.360 e. The summed E-state index contributed by atoms with van der Waals surface area (Å²) in [6.07, 6.45) is 1.72. The molecule has 0 saturated carbocycles. The summed E-state index contributed by atoms with van der Waals surface area (Å²) < 4.78 is 39.8. The number of pyridine rings is 1. The summed E-state index contributed by atoms with van der Waals surface area (Å²) >= 11 is 0. The monoisotopic (exact) mass is 292 g/mol. The number of hydrogen-bond donors (Lipinski definition) is 1. The van der Waals surface area contributed by atoms with Gasteiger partial charge in [-0.2, -0.15) is 5.10 Å². The lowest BCUT2D eigenvalue weighted by Gasteiger charge is -1.99. The molecule has 0 spiro atoms. The van der Waals surface area contributed by atoms with Crippen molar-refractivity contribution in [1.29, 1.82) is 0 Å². The molecule has 108 valence electrons. The van der Waals surface area contributed by atoms with Crippen LogP contribution in [0, 0.1) is 5.82 Å². The number of aromatic nitrogens is 4. The van der Waals surface area contributed by atoms with Gasteiger partial charge in [0.05, 0.1) is 17.6 Å². The van der Waals surface area contributed by atoms with E-state index < -0.39 is 12.2 Å². The molecule has 0 saturated heterocycles. The Labute approximate surface area is 118 Å². The fourth-order valence-electron chi connectivity index (χ4n) is 2.10. The van der Waals surface area contributed by atoms with Crippen LogP contribution < -0.4 is 0 Å². The minimum atomic E-state index is -2.57. The Hall–Kier alpha value is -2.57. The lowest BCUT2D eigenvalue weighted by molar-refractivity contribution is 0.147. The first-order valence-electron chi connectivity index (χ1n) is 6.17. The highest BCUT2D eigenvalue weighted by Crippen LogP contribution is 2.32. The number of nitrogens with zero attached hydrogens (tertiary/aromatic N) is 3. The number of nitrogens with one attached hydrogen (secondary N) is 1. The normalized spacial score (nSPS) is 11.3. The minimum absolute atomic E-state index is 0.160. The van der Waals surface area contributed by atoms with Gasteiger partial charge in [0.1, 0.15) is 11.5 Å². The molecular weight excluding hydrogens is 281 g/mol. The van der Waals surface area contributed by atoms with Crippen LogP contribution >= 0.6 is 0 Å². The smallest absolute Gasteiger partial charge is 0.278 e. The third-order valence-electron chi connectivity index (χ3n) is 3.05. The van der Waals surface area contributed by atoms with Crippen LogP contribution in [0.25, 0.3) is 22.5 Å². The molecule has 7 heteroatoms. The van der Waals surface area contributed by atoms with Crippen molar-refractivity contribution >= 4 is 0 Å². The van der Waals surface area contributed by atoms with Gasteiger partial charge < -0.3 is 4.98 Å². The van der Waals surface area contributed by atoms with Gasteiger partial charge >= 0.3 is 0 Å². The zero-order valence-electron chi connectivity index (χ0n) is 11.0. The van der Waals surface area contributed by atoms with Crippen molar-refractivity contribution in [2.75, 3.05) is 0 Å². The van der Waals surface area contributed by atoms with E-state index in [2.05, 4.69) is 15.1 Å². The molecule has 0 aromatic carbocycles. The van der Waals surface area contributed by atoms with Crippen LogP contribution in [0.3, 0.4) is 0 Å². The van der Waals surface area contributed by atoms with Crippen LogP contribution in [0.5, 0.6) is 0 Å². The van der Waals surface area contributed by atoms with Crippen molar-refractivity contribution in [2.45, 2.75) is 6.43 Å². The highest BCUT2D eigenvalue weighted by molar-refractivity contribution is 5.78. The number of hydrogen-bond acceptors (Lipinski definition) is 2. The number of aromatic amines is 1. The minimum Gasteiger partial charge on any atom is -0.360 e. The molecule has 0 fully saturated rings. The maximum Gasteiger partial charge on any atom is 0.278 e. The first-order valence-corrected chi connectivity index (χ1v) is 6.17. The second-order valence-electron chi connectivity index (χ2n) is 4.57. The molecule has 1 N–H and O–H groups in total. The molecule has 0 amide bonds. The standard InChI is InChI=1S/C14H11F3N4/c1-21-7-10(8-4-12(14(16)17)18-5-8)13(20-21)11-3-2-9(15)6-19-11/h2-7,14,18H,1H3. The lowest BCUT2D eigenvalue weighted by Crippen LogP contribution is -1.90. The van der Waals surface area contributed by atoms with E-state index in [0.29, 0.717) is 22.5 Å². The predicted molar refractivity (Wildman–Crippen MR) is 71.1 cm³/mol. The molecule has 0 aliphatic rings. The molecule has 3 heterocycles. The van der Waals surface area contributed by atoms with Crippen LogP contribution in [0.4, 0.5) is 13.2 Å². The molecule has 21 heavy (non-hydrogen) atoms. The van der Waals surface area contributed by atoms with Gasteiger partial charge in [0.15, 0.2) is 0 Å². The van der Waals surface area contributed by atoms with Gasteiger partial charge in [-0.25, -0.2) is 13.2 Å². The molecule has 0 radical (unpaired) electrons. The quantitative estimate of drug-likeness (QED) is 0.802. The zero-order valence-corrected chi connectivity index (χ0v) is 11.0. The van der Waals surface area contributed by atoms with Crippen molar-refractivity contribution in [3.8, 4) is 22.5 Å². The van der Waals surface area contributed by atoms with Crippen molar-refractivity contribution < 1.29 is 13.2 Å². The number of aryl methyl sites for hydroxylation is 1. The zero-order chi connectivity index (χ0) is 15.0. The second-order valence-corrected chi connectivity index (χ2v) is 4.57. The predicted octanol–water partition coefficient (Wildman–Crippen LogP) is 3.55. The van der Waals surface area contributed by atoms with E-state index in [1.165, 1.54) is 24.4 Å². The van der Waals surface area contributed by atoms with Gasteiger partial charge in [0.2, 0.25) is 0 Å². The van der Waals surface area contributed by atoms with E-state index >= 15 is 0 Å². The maximum atomic E-state index is 12.9. The summed E-state index contributed by atoms with van der Waals surface area (Å²) in [7, 11) is 1.72. The Morgan fingerprint density at radius 1 is 1.29 bits per heavy atom. The first kappa shape index (κ1) is 13.4. The highest BCUT2D eigenvalue weighted by Gasteiger charge is 2.17. The maximum absolute atomic E-state index is 12.9. The molecule has 0 unspecified atom stereocenters. The van der Waals surface area contributed by atoms with Crippen LogP contribution in [0.1, 0.15) is 12.1 Å². The molecule has 3 rings (SSSR count). The Kier molecular flexibility index (Phi) is 3.25. The summed E-state index contributed by atoms with van der Waals surface area (Å²) in [5.41, 5.74) is 2.07. The third-order valence-corrected chi connectivity index (χ3v) is 3.05. The van der Waals surface area contributed by atoms with Gasteiger partial charge in [-0.15, -0.1) is 0 Å². The summed E-state index contributed by atoms with van der Waals surface area (Å²) in [5.74, 6) is -0.446. The lowest BCUT2D eigenvalue weighted by atomic mass is 10.1. The Morgan fingerprint density at radius 3 is 2.71 bits per heavy atom. The average Bonchev–Trinajstić information content (AvgIpc) is 3.06. The van der Waals surface area contributed by atoms with Crippen molar-refractivity contribution in [1.82, 2.24) is 19.7 Å². The fraction of sp³-hybridized carbons (Fsp3) is 0.143. The number of halogens is 3.